The summed E-state index contributed by atoms with van der Waals surface area (Å²) < 4.78 is 32.5. The second-order valence-corrected chi connectivity index (χ2v) is 7.88. The predicted molar refractivity (Wildman–Crippen MR) is 73.6 cm³/mol. The Kier molecular flexibility index (Phi) is 3.79. The van der Waals surface area contributed by atoms with Crippen molar-refractivity contribution >= 4 is 21.8 Å². The Hall–Kier alpha value is -0.630. The smallest absolute Gasteiger partial charge is 0.244 e. The Balaban J connectivity index is 1.91. The van der Waals surface area contributed by atoms with Crippen molar-refractivity contribution < 1.29 is 13.2 Å². The molecule has 3 heterocycles. The van der Waals surface area contributed by atoms with Crippen LogP contribution in [0, 0.1) is 0 Å². The molecule has 0 unspecified atom stereocenters. The van der Waals surface area contributed by atoms with Crippen LogP contribution in [0.15, 0.2) is 29.4 Å². The van der Waals surface area contributed by atoms with E-state index in [4.69, 9.17) is 4.74 Å². The van der Waals surface area contributed by atoms with Crippen molar-refractivity contribution in [2.45, 2.75) is 22.6 Å². The number of pyridine rings is 1. The molecule has 0 amide bonds. The van der Waals surface area contributed by atoms with E-state index >= 15 is 0 Å². The topological polar surface area (TPSA) is 59.5 Å². The van der Waals surface area contributed by atoms with Crippen molar-refractivity contribution in [2.24, 2.45) is 0 Å². The minimum atomic E-state index is -3.43. The maximum atomic E-state index is 12.7. The first kappa shape index (κ1) is 13.4. The summed E-state index contributed by atoms with van der Waals surface area (Å²) in [4.78, 5) is 4.20. The molecule has 5 nitrogen and oxygen atoms in total. The largest absolute Gasteiger partial charge is 0.380 e. The van der Waals surface area contributed by atoms with Crippen LogP contribution >= 0.6 is 11.8 Å². The van der Waals surface area contributed by atoms with Crippen LogP contribution in [-0.2, 0) is 14.8 Å². The Morgan fingerprint density at radius 1 is 1.47 bits per heavy atom. The van der Waals surface area contributed by atoms with Crippen LogP contribution in [0.1, 0.15) is 6.42 Å². The zero-order valence-electron chi connectivity index (χ0n) is 10.4. The first-order valence-corrected chi connectivity index (χ1v) is 8.80. The summed E-state index contributed by atoms with van der Waals surface area (Å²) in [7, 11) is -3.43. The normalized spacial score (nSPS) is 28.8. The van der Waals surface area contributed by atoms with Crippen LogP contribution in [0.5, 0.6) is 0 Å². The van der Waals surface area contributed by atoms with Gasteiger partial charge < -0.3 is 4.74 Å². The number of nitrogens with zero attached hydrogens (tertiary/aromatic N) is 2. The van der Waals surface area contributed by atoms with Gasteiger partial charge in [0.2, 0.25) is 10.0 Å². The molecule has 3 rings (SSSR count). The number of hydrogen-bond acceptors (Lipinski definition) is 5. The third-order valence-corrected chi connectivity index (χ3v) is 6.73. The molecule has 19 heavy (non-hydrogen) atoms. The highest BCUT2D eigenvalue weighted by Crippen LogP contribution is 2.33. The average Bonchev–Trinajstić information content (AvgIpc) is 2.47. The summed E-state index contributed by atoms with van der Waals surface area (Å²) in [6.45, 7) is 1.86. The molecule has 0 radical (unpaired) electrons. The molecule has 0 N–H and O–H groups in total. The number of ether oxygens (including phenoxy) is 1. The zero-order valence-corrected chi connectivity index (χ0v) is 12.1. The molecule has 2 aliphatic rings. The summed E-state index contributed by atoms with van der Waals surface area (Å²) in [5.41, 5.74) is 0. The van der Waals surface area contributed by atoms with Gasteiger partial charge in [-0.3, -0.25) is 4.98 Å². The average molecular weight is 300 g/mol. The van der Waals surface area contributed by atoms with Gasteiger partial charge >= 0.3 is 0 Å². The van der Waals surface area contributed by atoms with Crippen LogP contribution in [0.4, 0.5) is 0 Å². The fraction of sp³-hybridized carbons (Fsp3) is 0.583. The summed E-state index contributed by atoms with van der Waals surface area (Å²) in [5.74, 6) is 0.823. The lowest BCUT2D eigenvalue weighted by molar-refractivity contribution is 0.0625. The molecule has 0 bridgehead atoms. The van der Waals surface area contributed by atoms with Crippen molar-refractivity contribution in [1.82, 2.24) is 9.29 Å². The van der Waals surface area contributed by atoms with Gasteiger partial charge in [-0.25, -0.2) is 8.42 Å². The van der Waals surface area contributed by atoms with Gasteiger partial charge in [0.15, 0.2) is 0 Å². The van der Waals surface area contributed by atoms with Crippen molar-refractivity contribution in [3.8, 4) is 0 Å². The predicted octanol–water partition coefficient (Wildman–Crippen LogP) is 0.977. The van der Waals surface area contributed by atoms with Crippen molar-refractivity contribution in [2.75, 3.05) is 25.5 Å². The lowest BCUT2D eigenvalue weighted by atomic mass is 10.1. The van der Waals surface area contributed by atoms with E-state index in [1.54, 1.807) is 22.6 Å². The molecule has 104 valence electrons. The van der Waals surface area contributed by atoms with Gasteiger partial charge in [0.25, 0.3) is 0 Å². The molecule has 2 aliphatic heterocycles. The lowest BCUT2D eigenvalue weighted by Gasteiger charge is -2.42. The summed E-state index contributed by atoms with van der Waals surface area (Å²) >= 11 is 1.82. The summed E-state index contributed by atoms with van der Waals surface area (Å²) in [6, 6.07) is 3.32. The third-order valence-electron chi connectivity index (χ3n) is 3.52. The quantitative estimate of drug-likeness (QED) is 0.815. The van der Waals surface area contributed by atoms with Crippen LogP contribution in [-0.4, -0.2) is 54.5 Å². The van der Waals surface area contributed by atoms with Gasteiger partial charge in [-0.15, -0.1) is 0 Å². The molecule has 0 spiro atoms. The number of thioether (sulfide) groups is 1. The molecular formula is C12H16N2O3S2. The number of fused-ring (bicyclic) bond motifs is 1. The molecule has 0 aliphatic carbocycles. The number of aromatic nitrogens is 1. The van der Waals surface area contributed by atoms with Crippen molar-refractivity contribution in [3.05, 3.63) is 24.5 Å². The van der Waals surface area contributed by atoms with Gasteiger partial charge in [0.05, 0.1) is 6.61 Å². The van der Waals surface area contributed by atoms with Crippen molar-refractivity contribution in [3.63, 3.8) is 0 Å². The molecule has 1 aromatic heterocycles. The van der Waals surface area contributed by atoms with Crippen LogP contribution < -0.4 is 0 Å². The van der Waals surface area contributed by atoms with E-state index in [9.17, 15) is 8.42 Å². The van der Waals surface area contributed by atoms with Gasteiger partial charge in [0, 0.05) is 42.6 Å². The molecule has 7 heteroatoms. The van der Waals surface area contributed by atoms with E-state index in [0.717, 1.165) is 12.2 Å². The number of hydrogen-bond donors (Lipinski definition) is 0. The fourth-order valence-electron chi connectivity index (χ4n) is 2.58. The van der Waals surface area contributed by atoms with Crippen LogP contribution in [0.3, 0.4) is 0 Å². The van der Waals surface area contributed by atoms with Gasteiger partial charge in [-0.1, -0.05) is 0 Å². The van der Waals surface area contributed by atoms with Crippen LogP contribution in [0.2, 0.25) is 0 Å². The highest BCUT2D eigenvalue weighted by atomic mass is 32.2. The lowest BCUT2D eigenvalue weighted by Crippen LogP contribution is -2.54. The molecule has 2 fully saturated rings. The van der Waals surface area contributed by atoms with E-state index in [2.05, 4.69) is 4.98 Å². The van der Waals surface area contributed by atoms with Crippen LogP contribution in [0.25, 0.3) is 0 Å². The van der Waals surface area contributed by atoms with Crippen molar-refractivity contribution in [1.29, 1.82) is 0 Å². The molecule has 0 saturated carbocycles. The molecular weight excluding hydrogens is 284 g/mol. The standard InChI is InChI=1S/C12H16N2O3S2/c15-19(16,10-2-1-4-13-8-10)14-5-7-18-12-9-17-6-3-11(12)14/h1-2,4,8,11-12H,3,5-7,9H2/t11-,12-/m0/s1. The summed E-state index contributed by atoms with van der Waals surface area (Å²) in [5, 5.41) is 0.258. The monoisotopic (exact) mass is 300 g/mol. The fourth-order valence-corrected chi connectivity index (χ4v) is 5.73. The SMILES string of the molecule is O=S(=O)(c1cccnc1)N1CCS[C@H]2COCC[C@@H]21. The second-order valence-electron chi connectivity index (χ2n) is 4.64. The highest BCUT2D eigenvalue weighted by Gasteiger charge is 2.40. The Morgan fingerprint density at radius 2 is 2.37 bits per heavy atom. The highest BCUT2D eigenvalue weighted by molar-refractivity contribution is 8.00. The minimum absolute atomic E-state index is 0.0534. The Bertz CT molecular complexity index is 533. The minimum Gasteiger partial charge on any atom is -0.380 e. The third kappa shape index (κ3) is 2.52. The van der Waals surface area contributed by atoms with Gasteiger partial charge in [-0.05, 0) is 18.6 Å². The molecule has 0 aromatic carbocycles. The van der Waals surface area contributed by atoms with Gasteiger partial charge in [-0.2, -0.15) is 16.1 Å². The maximum Gasteiger partial charge on any atom is 0.244 e. The summed E-state index contributed by atoms with van der Waals surface area (Å²) in [6.07, 6.45) is 3.78. The van der Waals surface area contributed by atoms with E-state index in [1.807, 2.05) is 11.8 Å². The first-order valence-electron chi connectivity index (χ1n) is 6.31. The molecule has 2 atom stereocenters. The van der Waals surface area contributed by atoms with E-state index < -0.39 is 10.0 Å². The number of rotatable bonds is 2. The number of sulfonamides is 1. The molecule has 2 saturated heterocycles. The Labute approximate surface area is 117 Å². The van der Waals surface area contributed by atoms with E-state index in [0.29, 0.717) is 19.8 Å². The zero-order chi connectivity index (χ0) is 13.3. The van der Waals surface area contributed by atoms with E-state index in [1.165, 1.54) is 6.20 Å². The maximum absolute atomic E-state index is 12.7. The van der Waals surface area contributed by atoms with Gasteiger partial charge in [0.1, 0.15) is 4.90 Å². The first-order chi connectivity index (χ1) is 9.19. The Morgan fingerprint density at radius 3 is 3.16 bits per heavy atom. The van der Waals surface area contributed by atoms with E-state index in [-0.39, 0.29) is 16.2 Å². The molecule has 1 aromatic rings. The second kappa shape index (κ2) is 5.40.